The van der Waals surface area contributed by atoms with Gasteiger partial charge in [0, 0.05) is 45.0 Å². The molecular formula is C20H30N4O3S. The Labute approximate surface area is 171 Å². The molecule has 0 atom stereocenters. The molecule has 2 rings (SSSR count). The first-order valence-electron chi connectivity index (χ1n) is 9.31. The zero-order chi connectivity index (χ0) is 20.5. The Morgan fingerprint density at radius 2 is 2.00 bits per heavy atom. The normalized spacial score (nSPS) is 11.0. The molecule has 1 aromatic carbocycles. The number of rotatable bonds is 10. The van der Waals surface area contributed by atoms with Crippen molar-refractivity contribution in [2.75, 3.05) is 54.6 Å². The van der Waals surface area contributed by atoms with E-state index in [2.05, 4.69) is 15.2 Å². The number of ether oxygens (including phenoxy) is 2. The van der Waals surface area contributed by atoms with Crippen LogP contribution in [0.4, 0.5) is 0 Å². The minimum Gasteiger partial charge on any atom is -0.497 e. The van der Waals surface area contributed by atoms with Crippen LogP contribution < -0.4 is 15.6 Å². The van der Waals surface area contributed by atoms with E-state index < -0.39 is 0 Å². The highest BCUT2D eigenvalue weighted by Gasteiger charge is 2.13. The second-order valence-electron chi connectivity index (χ2n) is 6.88. The fourth-order valence-corrected chi connectivity index (χ4v) is 3.03. The van der Waals surface area contributed by atoms with Crippen molar-refractivity contribution in [2.24, 2.45) is 0 Å². The minimum absolute atomic E-state index is 0.113. The summed E-state index contributed by atoms with van der Waals surface area (Å²) < 4.78 is 10.3. The van der Waals surface area contributed by atoms with E-state index in [0.717, 1.165) is 37.0 Å². The number of aromatic amines is 1. The van der Waals surface area contributed by atoms with Gasteiger partial charge < -0.3 is 29.6 Å². The number of pyridine rings is 1. The summed E-state index contributed by atoms with van der Waals surface area (Å²) in [5.41, 5.74) is 1.32. The predicted molar refractivity (Wildman–Crippen MR) is 117 cm³/mol. The molecule has 0 unspecified atom stereocenters. The van der Waals surface area contributed by atoms with Crippen LogP contribution in [0.2, 0.25) is 0 Å². The molecule has 2 N–H and O–H groups in total. The Kier molecular flexibility index (Phi) is 8.69. The second-order valence-corrected chi connectivity index (χ2v) is 7.27. The first-order valence-corrected chi connectivity index (χ1v) is 9.72. The van der Waals surface area contributed by atoms with Gasteiger partial charge in [-0.2, -0.15) is 0 Å². The molecule has 2 aromatic rings. The van der Waals surface area contributed by atoms with Crippen molar-refractivity contribution < 1.29 is 9.47 Å². The summed E-state index contributed by atoms with van der Waals surface area (Å²) in [6.45, 7) is 3.42. The highest BCUT2D eigenvalue weighted by Crippen LogP contribution is 2.19. The van der Waals surface area contributed by atoms with Crippen LogP contribution in [-0.2, 0) is 11.3 Å². The van der Waals surface area contributed by atoms with Gasteiger partial charge in [0.2, 0.25) is 0 Å². The van der Waals surface area contributed by atoms with Crippen LogP contribution in [0.5, 0.6) is 5.75 Å². The molecule has 0 saturated carbocycles. The smallest absolute Gasteiger partial charge is 0.253 e. The average Bonchev–Trinajstić information content (AvgIpc) is 2.67. The molecule has 0 radical (unpaired) electrons. The number of thiocarbonyl (C=S) groups is 1. The molecule has 0 aliphatic heterocycles. The number of benzene rings is 1. The number of fused-ring (bicyclic) bond motifs is 1. The van der Waals surface area contributed by atoms with Crippen molar-refractivity contribution in [1.29, 1.82) is 0 Å². The van der Waals surface area contributed by atoms with Gasteiger partial charge in [0.25, 0.3) is 5.56 Å². The topological polar surface area (TPSA) is 69.8 Å². The lowest BCUT2D eigenvalue weighted by molar-refractivity contribution is 0.195. The van der Waals surface area contributed by atoms with Crippen molar-refractivity contribution in [1.82, 2.24) is 20.1 Å². The van der Waals surface area contributed by atoms with Gasteiger partial charge in [-0.3, -0.25) is 4.79 Å². The quantitative estimate of drug-likeness (QED) is 0.461. The monoisotopic (exact) mass is 406 g/mol. The first kappa shape index (κ1) is 22.1. The number of hydrogen-bond donors (Lipinski definition) is 2. The van der Waals surface area contributed by atoms with Crippen molar-refractivity contribution in [3.05, 3.63) is 40.2 Å². The van der Waals surface area contributed by atoms with Crippen LogP contribution in [0, 0.1) is 0 Å². The molecule has 1 aromatic heterocycles. The maximum Gasteiger partial charge on any atom is 0.253 e. The molecule has 1 heterocycles. The number of methoxy groups -OCH3 is 2. The molecule has 28 heavy (non-hydrogen) atoms. The number of nitrogens with one attached hydrogen (secondary N) is 2. The van der Waals surface area contributed by atoms with Gasteiger partial charge in [0.05, 0.1) is 19.2 Å². The van der Waals surface area contributed by atoms with Gasteiger partial charge in [-0.15, -0.1) is 0 Å². The first-order chi connectivity index (χ1) is 13.4. The minimum atomic E-state index is -0.113. The number of nitrogens with zero attached hydrogens (tertiary/aromatic N) is 2. The molecule has 0 spiro atoms. The van der Waals surface area contributed by atoms with Crippen LogP contribution in [0.15, 0.2) is 29.1 Å². The summed E-state index contributed by atoms with van der Waals surface area (Å²) in [7, 11) is 7.33. The maximum atomic E-state index is 12.6. The second kappa shape index (κ2) is 11.0. The molecular weight excluding hydrogens is 376 g/mol. The zero-order valence-electron chi connectivity index (χ0n) is 17.1. The van der Waals surface area contributed by atoms with E-state index in [0.29, 0.717) is 29.6 Å². The Morgan fingerprint density at radius 1 is 1.21 bits per heavy atom. The van der Waals surface area contributed by atoms with Gasteiger partial charge in [-0.05, 0) is 56.3 Å². The lowest BCUT2D eigenvalue weighted by atomic mass is 10.1. The summed E-state index contributed by atoms with van der Waals surface area (Å²) in [4.78, 5) is 19.7. The van der Waals surface area contributed by atoms with E-state index >= 15 is 0 Å². The van der Waals surface area contributed by atoms with Crippen LogP contribution in [0.25, 0.3) is 10.9 Å². The molecule has 0 aliphatic carbocycles. The molecule has 154 valence electrons. The van der Waals surface area contributed by atoms with Gasteiger partial charge in [0.15, 0.2) is 5.11 Å². The summed E-state index contributed by atoms with van der Waals surface area (Å²) in [5, 5.41) is 4.87. The van der Waals surface area contributed by atoms with Gasteiger partial charge >= 0.3 is 0 Å². The van der Waals surface area contributed by atoms with E-state index in [1.165, 1.54) is 0 Å². The third-order valence-electron chi connectivity index (χ3n) is 4.40. The lowest BCUT2D eigenvalue weighted by Crippen LogP contribution is -2.43. The Hall–Kier alpha value is -2.16. The number of aromatic nitrogens is 1. The van der Waals surface area contributed by atoms with Crippen molar-refractivity contribution in [3.8, 4) is 5.75 Å². The van der Waals surface area contributed by atoms with Crippen molar-refractivity contribution >= 4 is 28.2 Å². The predicted octanol–water partition coefficient (Wildman–Crippen LogP) is 1.81. The highest BCUT2D eigenvalue weighted by atomic mass is 32.1. The molecule has 8 heteroatoms. The molecule has 0 aliphatic rings. The number of likely N-dealkylation sites (N-methyl/N-ethyl adjacent to an activating group) is 1. The molecule has 0 amide bonds. The molecule has 0 fully saturated rings. The van der Waals surface area contributed by atoms with Gasteiger partial charge in [-0.25, -0.2) is 0 Å². The molecule has 0 bridgehead atoms. The summed E-state index contributed by atoms with van der Waals surface area (Å²) in [5.74, 6) is 0.713. The molecule has 7 nitrogen and oxygen atoms in total. The summed E-state index contributed by atoms with van der Waals surface area (Å²) >= 11 is 5.57. The SMILES string of the molecule is COCCCNC(=S)N(CCN(C)C)Cc1cc2ccc(OC)cc2[nH]c1=O. The largest absolute Gasteiger partial charge is 0.497 e. The van der Waals surface area contributed by atoms with Crippen LogP contribution in [0.3, 0.4) is 0 Å². The van der Waals surface area contributed by atoms with Crippen LogP contribution in [-0.4, -0.2) is 74.5 Å². The maximum absolute atomic E-state index is 12.6. The van der Waals surface area contributed by atoms with E-state index in [1.807, 2.05) is 43.3 Å². The highest BCUT2D eigenvalue weighted by molar-refractivity contribution is 7.80. The third-order valence-corrected chi connectivity index (χ3v) is 4.80. The van der Waals surface area contributed by atoms with E-state index in [4.69, 9.17) is 21.7 Å². The lowest BCUT2D eigenvalue weighted by Gasteiger charge is -2.27. The van der Waals surface area contributed by atoms with E-state index in [1.54, 1.807) is 14.2 Å². The standard InChI is InChI=1S/C20H30N4O3S/c1-23(2)9-10-24(20(28)21-8-5-11-26-3)14-16-12-15-6-7-17(27-4)13-18(15)22-19(16)25/h6-7,12-13H,5,8-11,14H2,1-4H3,(H,21,28)(H,22,25). The average molecular weight is 407 g/mol. The van der Waals surface area contributed by atoms with Crippen molar-refractivity contribution in [2.45, 2.75) is 13.0 Å². The van der Waals surface area contributed by atoms with Crippen LogP contribution >= 0.6 is 12.2 Å². The fourth-order valence-electron chi connectivity index (χ4n) is 2.77. The Balaban J connectivity index is 2.18. The Bertz CT molecular complexity index is 838. The summed E-state index contributed by atoms with van der Waals surface area (Å²) in [6.07, 6.45) is 0.872. The number of H-pyrrole nitrogens is 1. The van der Waals surface area contributed by atoms with E-state index in [-0.39, 0.29) is 5.56 Å². The molecule has 0 saturated heterocycles. The third kappa shape index (κ3) is 6.47. The number of hydrogen-bond acceptors (Lipinski definition) is 5. The zero-order valence-corrected chi connectivity index (χ0v) is 17.9. The van der Waals surface area contributed by atoms with Gasteiger partial charge in [-0.1, -0.05) is 0 Å². The van der Waals surface area contributed by atoms with Crippen molar-refractivity contribution in [3.63, 3.8) is 0 Å². The van der Waals surface area contributed by atoms with Crippen LogP contribution in [0.1, 0.15) is 12.0 Å². The summed E-state index contributed by atoms with van der Waals surface area (Å²) in [6, 6.07) is 7.57. The fraction of sp³-hybridized carbons (Fsp3) is 0.500. The van der Waals surface area contributed by atoms with E-state index in [9.17, 15) is 4.79 Å². The Morgan fingerprint density at radius 3 is 2.68 bits per heavy atom. The van der Waals surface area contributed by atoms with Gasteiger partial charge in [0.1, 0.15) is 5.75 Å².